The lowest BCUT2D eigenvalue weighted by molar-refractivity contribution is -0.154. The number of carbonyl (C=O) groups is 2. The van der Waals surface area contributed by atoms with E-state index in [4.69, 9.17) is 9.47 Å². The normalized spacial score (nSPS) is 12.4. The van der Waals surface area contributed by atoms with Crippen LogP contribution in [0.25, 0.3) is 0 Å². The van der Waals surface area contributed by atoms with Crippen molar-refractivity contribution in [3.8, 4) is 5.75 Å². The van der Waals surface area contributed by atoms with Gasteiger partial charge in [-0.15, -0.1) is 0 Å². The number of esters is 1. The zero-order chi connectivity index (χ0) is 16.0. The monoisotopic (exact) mass is 293 g/mol. The highest BCUT2D eigenvalue weighted by atomic mass is 16.6. The van der Waals surface area contributed by atoms with Crippen molar-refractivity contribution in [1.29, 1.82) is 0 Å². The number of nitrogens with one attached hydrogen (secondary N) is 1. The van der Waals surface area contributed by atoms with E-state index in [1.54, 1.807) is 6.92 Å². The van der Waals surface area contributed by atoms with Gasteiger partial charge in [0.2, 0.25) is 0 Å². The average molecular weight is 293 g/mol. The molecule has 1 aromatic carbocycles. The molecule has 0 bridgehead atoms. The Labute approximate surface area is 125 Å². The summed E-state index contributed by atoms with van der Waals surface area (Å²) in [7, 11) is 1.48. The summed E-state index contributed by atoms with van der Waals surface area (Å²) in [5.74, 6) is -0.337. The Bertz CT molecular complexity index is 488. The van der Waals surface area contributed by atoms with Gasteiger partial charge in [0.05, 0.1) is 0 Å². The topological polar surface area (TPSA) is 64.6 Å². The number of benzene rings is 1. The molecule has 0 aliphatic heterocycles. The van der Waals surface area contributed by atoms with Crippen LogP contribution in [0.15, 0.2) is 24.3 Å². The molecule has 1 N–H and O–H groups in total. The molecule has 0 saturated heterocycles. The number of hydrogen-bond donors (Lipinski definition) is 1. The number of hydrogen-bond acceptors (Lipinski definition) is 4. The summed E-state index contributed by atoms with van der Waals surface area (Å²) in [6.07, 6.45) is -0.768. The third-order valence-electron chi connectivity index (χ3n) is 2.99. The molecule has 0 spiro atoms. The van der Waals surface area contributed by atoms with Crippen LogP contribution < -0.4 is 10.1 Å². The number of likely N-dealkylation sites (N-methyl/N-ethyl adjacent to an activating group) is 1. The molecule has 0 aliphatic carbocycles. The summed E-state index contributed by atoms with van der Waals surface area (Å²) in [4.78, 5) is 22.7. The van der Waals surface area contributed by atoms with Crippen molar-refractivity contribution in [2.24, 2.45) is 0 Å². The second-order valence-corrected chi connectivity index (χ2v) is 5.82. The fourth-order valence-electron chi connectivity index (χ4n) is 1.61. The van der Waals surface area contributed by atoms with Gasteiger partial charge in [-0.05, 0) is 30.0 Å². The molecule has 0 fully saturated rings. The zero-order valence-electron chi connectivity index (χ0n) is 13.2. The molecule has 1 rings (SSSR count). The standard InChI is InChI=1S/C16H23NO4/c1-11(15(19)20-10-14(18)17-5)21-13-8-6-12(7-9-13)16(2,3)4/h6-9,11H,10H2,1-5H3,(H,17,18)/t11-/m1/s1. The van der Waals surface area contributed by atoms with Crippen LogP contribution in [0.5, 0.6) is 5.75 Å². The van der Waals surface area contributed by atoms with E-state index in [1.165, 1.54) is 12.6 Å². The molecule has 116 valence electrons. The van der Waals surface area contributed by atoms with Gasteiger partial charge in [0.1, 0.15) is 5.75 Å². The van der Waals surface area contributed by atoms with Crippen LogP contribution in [-0.2, 0) is 19.7 Å². The maximum Gasteiger partial charge on any atom is 0.347 e. The van der Waals surface area contributed by atoms with Gasteiger partial charge >= 0.3 is 5.97 Å². The van der Waals surface area contributed by atoms with Crippen LogP contribution in [0.3, 0.4) is 0 Å². The molecule has 0 radical (unpaired) electrons. The van der Waals surface area contributed by atoms with Crippen LogP contribution >= 0.6 is 0 Å². The first-order chi connectivity index (χ1) is 9.74. The highest BCUT2D eigenvalue weighted by Gasteiger charge is 2.18. The maximum atomic E-state index is 11.7. The number of carbonyl (C=O) groups excluding carboxylic acids is 2. The highest BCUT2D eigenvalue weighted by molar-refractivity contribution is 5.81. The van der Waals surface area contributed by atoms with E-state index in [9.17, 15) is 9.59 Å². The lowest BCUT2D eigenvalue weighted by Gasteiger charge is -2.20. The molecular formula is C16H23NO4. The molecule has 5 nitrogen and oxygen atoms in total. The summed E-state index contributed by atoms with van der Waals surface area (Å²) >= 11 is 0. The Balaban J connectivity index is 2.56. The summed E-state index contributed by atoms with van der Waals surface area (Å²) in [5.41, 5.74) is 1.25. The summed E-state index contributed by atoms with van der Waals surface area (Å²) in [6.45, 7) is 7.67. The van der Waals surface area contributed by atoms with Crippen LogP contribution in [0.1, 0.15) is 33.3 Å². The van der Waals surface area contributed by atoms with Crippen LogP contribution in [0.2, 0.25) is 0 Å². The van der Waals surface area contributed by atoms with Gasteiger partial charge in [-0.25, -0.2) is 4.79 Å². The van der Waals surface area contributed by atoms with E-state index in [1.807, 2.05) is 24.3 Å². The second-order valence-electron chi connectivity index (χ2n) is 5.82. The minimum absolute atomic E-state index is 0.0661. The van der Waals surface area contributed by atoms with E-state index >= 15 is 0 Å². The smallest absolute Gasteiger partial charge is 0.347 e. The minimum Gasteiger partial charge on any atom is -0.479 e. The van der Waals surface area contributed by atoms with E-state index < -0.39 is 12.1 Å². The van der Waals surface area contributed by atoms with Gasteiger partial charge in [-0.3, -0.25) is 4.79 Å². The third-order valence-corrected chi connectivity index (χ3v) is 2.99. The largest absolute Gasteiger partial charge is 0.479 e. The first-order valence-electron chi connectivity index (χ1n) is 6.88. The van der Waals surface area contributed by atoms with Crippen molar-refractivity contribution in [2.45, 2.75) is 39.2 Å². The number of rotatable bonds is 5. The highest BCUT2D eigenvalue weighted by Crippen LogP contribution is 2.24. The second kappa shape index (κ2) is 7.11. The Morgan fingerprint density at radius 1 is 1.19 bits per heavy atom. The molecule has 0 unspecified atom stereocenters. The van der Waals surface area contributed by atoms with Crippen LogP contribution in [0.4, 0.5) is 0 Å². The number of amides is 1. The Morgan fingerprint density at radius 2 is 1.76 bits per heavy atom. The minimum atomic E-state index is -0.768. The van der Waals surface area contributed by atoms with Crippen molar-refractivity contribution in [2.75, 3.05) is 13.7 Å². The summed E-state index contributed by atoms with van der Waals surface area (Å²) in [5, 5.41) is 2.37. The molecule has 0 heterocycles. The fraction of sp³-hybridized carbons (Fsp3) is 0.500. The number of ether oxygens (including phenoxy) is 2. The van der Waals surface area contributed by atoms with Crippen molar-refractivity contribution in [1.82, 2.24) is 5.32 Å². The van der Waals surface area contributed by atoms with Gasteiger partial charge in [0.25, 0.3) is 5.91 Å². The Kier molecular flexibility index (Phi) is 5.76. The van der Waals surface area contributed by atoms with E-state index in [0.29, 0.717) is 5.75 Å². The van der Waals surface area contributed by atoms with Gasteiger partial charge in [0, 0.05) is 7.05 Å². The predicted octanol–water partition coefficient (Wildman–Crippen LogP) is 2.04. The predicted molar refractivity (Wildman–Crippen MR) is 80.3 cm³/mol. The molecule has 0 aromatic heterocycles. The van der Waals surface area contributed by atoms with Crippen molar-refractivity contribution >= 4 is 11.9 Å². The van der Waals surface area contributed by atoms with Gasteiger partial charge in [0.15, 0.2) is 12.7 Å². The molecule has 5 heteroatoms. The van der Waals surface area contributed by atoms with Crippen molar-refractivity contribution in [3.63, 3.8) is 0 Å². The molecule has 1 amide bonds. The van der Waals surface area contributed by atoms with Gasteiger partial charge in [-0.2, -0.15) is 0 Å². The quantitative estimate of drug-likeness (QED) is 0.844. The van der Waals surface area contributed by atoms with E-state index in [2.05, 4.69) is 26.1 Å². The summed E-state index contributed by atoms with van der Waals surface area (Å²) in [6, 6.07) is 7.59. The van der Waals surface area contributed by atoms with Crippen LogP contribution in [-0.4, -0.2) is 31.6 Å². The molecule has 1 atom stereocenters. The molecule has 0 saturated carbocycles. The molecular weight excluding hydrogens is 270 g/mol. The van der Waals surface area contributed by atoms with E-state index in [0.717, 1.165) is 0 Å². The Hall–Kier alpha value is -2.04. The lowest BCUT2D eigenvalue weighted by Crippen LogP contribution is -2.31. The summed E-state index contributed by atoms with van der Waals surface area (Å²) < 4.78 is 10.3. The first-order valence-corrected chi connectivity index (χ1v) is 6.88. The fourth-order valence-corrected chi connectivity index (χ4v) is 1.61. The first kappa shape index (κ1) is 17.0. The lowest BCUT2D eigenvalue weighted by atomic mass is 9.87. The average Bonchev–Trinajstić information content (AvgIpc) is 2.43. The van der Waals surface area contributed by atoms with Gasteiger partial charge < -0.3 is 14.8 Å². The van der Waals surface area contributed by atoms with Crippen molar-refractivity contribution < 1.29 is 19.1 Å². The third kappa shape index (κ3) is 5.45. The molecule has 21 heavy (non-hydrogen) atoms. The van der Waals surface area contributed by atoms with Crippen LogP contribution in [0, 0.1) is 0 Å². The molecule has 0 aliphatic rings. The Morgan fingerprint density at radius 3 is 2.24 bits per heavy atom. The van der Waals surface area contributed by atoms with E-state index in [-0.39, 0.29) is 17.9 Å². The maximum absolute atomic E-state index is 11.7. The zero-order valence-corrected chi connectivity index (χ0v) is 13.2. The van der Waals surface area contributed by atoms with Crippen molar-refractivity contribution in [3.05, 3.63) is 29.8 Å². The SMILES string of the molecule is CNC(=O)COC(=O)[C@@H](C)Oc1ccc(C(C)(C)C)cc1. The molecule has 1 aromatic rings. The van der Waals surface area contributed by atoms with Gasteiger partial charge in [-0.1, -0.05) is 32.9 Å².